The largest absolute Gasteiger partial charge is 0.496 e. The molecule has 284 valence electrons. The van der Waals surface area contributed by atoms with Crippen LogP contribution < -0.4 is 26.0 Å². The van der Waals surface area contributed by atoms with E-state index < -0.39 is 81.6 Å². The fourth-order valence-corrected chi connectivity index (χ4v) is 6.27. The number of benzene rings is 1. The van der Waals surface area contributed by atoms with Crippen molar-refractivity contribution < 1.29 is 41.1 Å². The van der Waals surface area contributed by atoms with E-state index in [-0.39, 0.29) is 26.1 Å². The van der Waals surface area contributed by atoms with Crippen LogP contribution in [-0.4, -0.2) is 112 Å². The molecule has 2 rings (SSSR count). The molecule has 0 bridgehead atoms. The van der Waals surface area contributed by atoms with Crippen LogP contribution in [0.3, 0.4) is 0 Å². The smallest absolute Gasteiger partial charge is 0.315 e. The molecule has 4 atom stereocenters. The molecule has 1 aliphatic rings. The Morgan fingerprint density at radius 1 is 1.06 bits per heavy atom. The summed E-state index contributed by atoms with van der Waals surface area (Å²) < 4.78 is 58.5. The number of urea groups is 1. The van der Waals surface area contributed by atoms with Crippen molar-refractivity contribution in [3.05, 3.63) is 28.2 Å². The van der Waals surface area contributed by atoms with Crippen molar-refractivity contribution in [2.75, 3.05) is 40.0 Å². The highest BCUT2D eigenvalue weighted by Gasteiger charge is 2.43. The first kappa shape index (κ1) is 43.1. The monoisotopic (exact) mass is 794 g/mol. The van der Waals surface area contributed by atoms with Crippen LogP contribution in [0.5, 0.6) is 5.75 Å². The molecule has 1 aromatic rings. The van der Waals surface area contributed by atoms with Crippen LogP contribution >= 0.6 is 15.9 Å². The summed E-state index contributed by atoms with van der Waals surface area (Å²) >= 11 is 3.39. The molecule has 0 unspecified atom stereocenters. The molecule has 0 radical (unpaired) electrons. The Hall–Kier alpha value is -3.05. The Labute approximate surface area is 303 Å². The number of carbonyl (C=O) groups is 4. The number of ether oxygens (including phenoxy) is 1. The number of nitrogens with one attached hydrogen (secondary N) is 4. The van der Waals surface area contributed by atoms with Gasteiger partial charge in [-0.25, -0.2) is 26.3 Å². The highest BCUT2D eigenvalue weighted by atomic mass is 79.9. The number of rotatable bonds is 15. The normalized spacial score (nSPS) is 17.2. The SMILES string of the molecule is COc1ccc(Br)cc1CCNC(=O)[C@H](CC(F)F)NC(=O)[C@@H]1CCCN1C(=O)[C@@H](NC(=O)N[C@H](CN(C)S(C)(=O)=O)C(C)(C)C)C(C)(C)C. The van der Waals surface area contributed by atoms with E-state index in [0.29, 0.717) is 18.6 Å². The third-order valence-corrected chi connectivity index (χ3v) is 10.3. The van der Waals surface area contributed by atoms with Gasteiger partial charge >= 0.3 is 6.03 Å². The lowest BCUT2D eigenvalue weighted by Crippen LogP contribution is -2.62. The van der Waals surface area contributed by atoms with Gasteiger partial charge in [0.2, 0.25) is 34.2 Å². The third kappa shape index (κ3) is 12.9. The Morgan fingerprint density at radius 2 is 1.70 bits per heavy atom. The number of carbonyl (C=O) groups excluding carboxylic acids is 4. The molecule has 0 spiro atoms. The number of methoxy groups -OCH3 is 1. The van der Waals surface area contributed by atoms with Gasteiger partial charge in [0.25, 0.3) is 0 Å². The lowest BCUT2D eigenvalue weighted by atomic mass is 9.85. The molecule has 1 aliphatic heterocycles. The van der Waals surface area contributed by atoms with Gasteiger partial charge in [0.1, 0.15) is 23.9 Å². The van der Waals surface area contributed by atoms with Crippen molar-refractivity contribution in [2.45, 2.75) is 97.8 Å². The molecule has 50 heavy (non-hydrogen) atoms. The van der Waals surface area contributed by atoms with E-state index in [2.05, 4.69) is 37.2 Å². The molecule has 1 saturated heterocycles. The Kier molecular flexibility index (Phi) is 15.5. The standard InChI is InChI=1S/C33H53BrF2N6O7S/c1-32(2,3)25(19-41(7)50(9,47)48)39-31(46)40-27(33(4,5)6)30(45)42-16-10-11-23(42)29(44)38-22(18-26(35)36)28(43)37-15-14-20-17-21(34)12-13-24(20)49-8/h12-13,17,22-23,25-27H,10-11,14-16,18-19H2,1-9H3,(H,37,43)(H,38,44)(H2,39,40,46)/t22-,23-,25+,27+/m0/s1. The molecule has 0 saturated carbocycles. The van der Waals surface area contributed by atoms with Gasteiger partial charge in [-0.15, -0.1) is 0 Å². The minimum absolute atomic E-state index is 0.0101. The number of likely N-dealkylation sites (N-methyl/N-ethyl adjacent to an activating group) is 1. The lowest BCUT2D eigenvalue weighted by molar-refractivity contribution is -0.142. The Balaban J connectivity index is 2.17. The first-order valence-electron chi connectivity index (χ1n) is 16.4. The maximum atomic E-state index is 14.0. The van der Waals surface area contributed by atoms with Crippen LogP contribution in [0.15, 0.2) is 22.7 Å². The molecule has 0 aliphatic carbocycles. The van der Waals surface area contributed by atoms with Crippen LogP contribution in [0.25, 0.3) is 0 Å². The topological polar surface area (TPSA) is 166 Å². The van der Waals surface area contributed by atoms with Crippen LogP contribution in [0.2, 0.25) is 0 Å². The van der Waals surface area contributed by atoms with E-state index in [1.807, 2.05) is 26.8 Å². The van der Waals surface area contributed by atoms with Crippen LogP contribution in [0.4, 0.5) is 13.6 Å². The van der Waals surface area contributed by atoms with E-state index in [1.54, 1.807) is 32.9 Å². The zero-order chi connectivity index (χ0) is 38.2. The summed E-state index contributed by atoms with van der Waals surface area (Å²) in [7, 11) is -0.612. The van der Waals surface area contributed by atoms with E-state index in [4.69, 9.17) is 4.74 Å². The first-order valence-corrected chi connectivity index (χ1v) is 19.1. The predicted molar refractivity (Wildman–Crippen MR) is 190 cm³/mol. The fraction of sp³-hybridized carbons (Fsp3) is 0.697. The van der Waals surface area contributed by atoms with Crippen molar-refractivity contribution in [1.29, 1.82) is 0 Å². The number of nitrogens with zero attached hydrogens (tertiary/aromatic N) is 2. The van der Waals surface area contributed by atoms with Gasteiger partial charge in [0.15, 0.2) is 0 Å². The fourth-order valence-electron chi connectivity index (χ4n) is 5.44. The molecule has 13 nitrogen and oxygen atoms in total. The second kappa shape index (κ2) is 17.9. The number of hydrogen-bond donors (Lipinski definition) is 4. The Morgan fingerprint density at radius 3 is 2.24 bits per heavy atom. The van der Waals surface area contributed by atoms with Crippen molar-refractivity contribution >= 4 is 49.7 Å². The molecule has 1 fully saturated rings. The lowest BCUT2D eigenvalue weighted by Gasteiger charge is -2.37. The predicted octanol–water partition coefficient (Wildman–Crippen LogP) is 3.27. The van der Waals surface area contributed by atoms with Crippen LogP contribution in [0, 0.1) is 10.8 Å². The van der Waals surface area contributed by atoms with E-state index in [9.17, 15) is 36.4 Å². The summed E-state index contributed by atoms with van der Waals surface area (Å²) in [6, 6.07) is 0.330. The van der Waals surface area contributed by atoms with Crippen molar-refractivity contribution in [1.82, 2.24) is 30.5 Å². The molecule has 4 N–H and O–H groups in total. The van der Waals surface area contributed by atoms with Gasteiger partial charge in [-0.05, 0) is 53.9 Å². The van der Waals surface area contributed by atoms with Crippen LogP contribution in [0.1, 0.15) is 66.4 Å². The van der Waals surface area contributed by atoms with E-state index >= 15 is 0 Å². The number of halogens is 3. The molecule has 1 aromatic carbocycles. The molecule has 1 heterocycles. The average molecular weight is 796 g/mol. The van der Waals surface area contributed by atoms with Gasteiger partial charge in [-0.1, -0.05) is 57.5 Å². The van der Waals surface area contributed by atoms with Gasteiger partial charge in [0.05, 0.1) is 13.4 Å². The average Bonchev–Trinajstić information content (AvgIpc) is 3.47. The zero-order valence-electron chi connectivity index (χ0n) is 30.4. The van der Waals surface area contributed by atoms with Gasteiger partial charge in [-0.3, -0.25) is 14.4 Å². The summed E-state index contributed by atoms with van der Waals surface area (Å²) in [5, 5.41) is 10.6. The van der Waals surface area contributed by atoms with E-state index in [0.717, 1.165) is 20.6 Å². The molecular weight excluding hydrogens is 742 g/mol. The molecule has 0 aromatic heterocycles. The summed E-state index contributed by atoms with van der Waals surface area (Å²) in [6.07, 6.45) is -1.73. The molecule has 17 heteroatoms. The summed E-state index contributed by atoms with van der Waals surface area (Å²) in [5.41, 5.74) is -0.599. The summed E-state index contributed by atoms with van der Waals surface area (Å²) in [6.45, 7) is 11.0. The minimum Gasteiger partial charge on any atom is -0.496 e. The van der Waals surface area contributed by atoms with Crippen LogP contribution in [-0.2, 0) is 30.8 Å². The van der Waals surface area contributed by atoms with Gasteiger partial charge in [-0.2, -0.15) is 0 Å². The quantitative estimate of drug-likeness (QED) is 0.212. The summed E-state index contributed by atoms with van der Waals surface area (Å²) in [5.74, 6) is -1.49. The van der Waals surface area contributed by atoms with Gasteiger partial charge in [0, 0.05) is 43.6 Å². The number of hydrogen-bond acceptors (Lipinski definition) is 7. The maximum Gasteiger partial charge on any atom is 0.315 e. The highest BCUT2D eigenvalue weighted by Crippen LogP contribution is 2.27. The summed E-state index contributed by atoms with van der Waals surface area (Å²) in [4.78, 5) is 55.1. The number of sulfonamides is 1. The molecular formula is C33H53BrF2N6O7S. The first-order chi connectivity index (χ1) is 22.9. The highest BCUT2D eigenvalue weighted by molar-refractivity contribution is 9.10. The second-order valence-corrected chi connectivity index (χ2v) is 17.8. The third-order valence-electron chi connectivity index (χ3n) is 8.57. The minimum atomic E-state index is -3.53. The van der Waals surface area contributed by atoms with Crippen molar-refractivity contribution in [3.8, 4) is 5.75 Å². The van der Waals surface area contributed by atoms with E-state index in [1.165, 1.54) is 19.1 Å². The number of likely N-dealkylation sites (tertiary alicyclic amines) is 1. The van der Waals surface area contributed by atoms with Gasteiger partial charge < -0.3 is 30.9 Å². The zero-order valence-corrected chi connectivity index (χ0v) is 32.8. The molecule has 5 amide bonds. The Bertz CT molecular complexity index is 1470. The number of amides is 5. The van der Waals surface area contributed by atoms with Crippen molar-refractivity contribution in [3.63, 3.8) is 0 Å². The number of alkyl halides is 2. The second-order valence-electron chi connectivity index (χ2n) is 14.8. The maximum absolute atomic E-state index is 14.0. The van der Waals surface area contributed by atoms with Crippen molar-refractivity contribution in [2.24, 2.45) is 10.8 Å².